The zero-order chi connectivity index (χ0) is 15.2. The lowest BCUT2D eigenvalue weighted by atomic mass is 10.2. The summed E-state index contributed by atoms with van der Waals surface area (Å²) in [5.74, 6) is 0.174. The van der Waals surface area contributed by atoms with Crippen LogP contribution in [0.3, 0.4) is 0 Å². The van der Waals surface area contributed by atoms with Crippen molar-refractivity contribution in [2.24, 2.45) is 0 Å². The van der Waals surface area contributed by atoms with Crippen LogP contribution in [0.4, 0.5) is 11.4 Å². The van der Waals surface area contributed by atoms with E-state index in [4.69, 9.17) is 0 Å². The van der Waals surface area contributed by atoms with Crippen LogP contribution in [0.1, 0.15) is 44.9 Å². The zero-order valence-electron chi connectivity index (χ0n) is 13.3. The van der Waals surface area contributed by atoms with Crippen molar-refractivity contribution < 1.29 is 4.79 Å². The van der Waals surface area contributed by atoms with Crippen molar-refractivity contribution in [2.45, 2.75) is 51.0 Å². The van der Waals surface area contributed by atoms with Crippen molar-refractivity contribution in [3.63, 3.8) is 0 Å². The molecule has 1 amide bonds. The molecule has 0 atom stereocenters. The van der Waals surface area contributed by atoms with Crippen molar-refractivity contribution in [1.82, 2.24) is 5.32 Å². The number of nitrogens with one attached hydrogen (secondary N) is 2. The van der Waals surface area contributed by atoms with Gasteiger partial charge in [0, 0.05) is 43.5 Å². The van der Waals surface area contributed by atoms with Gasteiger partial charge in [0.2, 0.25) is 5.91 Å². The molecule has 3 rings (SSSR count). The number of anilines is 2. The molecule has 0 unspecified atom stereocenters. The van der Waals surface area contributed by atoms with E-state index in [0.29, 0.717) is 19.0 Å². The van der Waals surface area contributed by atoms with Crippen LogP contribution in [0, 0.1) is 0 Å². The number of benzene rings is 1. The van der Waals surface area contributed by atoms with E-state index >= 15 is 0 Å². The highest BCUT2D eigenvalue weighted by Crippen LogP contribution is 2.22. The molecule has 4 nitrogen and oxygen atoms in total. The minimum absolute atomic E-state index is 0.174. The van der Waals surface area contributed by atoms with Gasteiger partial charge in [0.25, 0.3) is 0 Å². The number of hydrogen-bond donors (Lipinski definition) is 2. The van der Waals surface area contributed by atoms with E-state index in [0.717, 1.165) is 18.5 Å². The molecule has 0 aromatic heterocycles. The second-order valence-corrected chi connectivity index (χ2v) is 6.47. The first-order valence-electron chi connectivity index (χ1n) is 8.69. The first-order chi connectivity index (χ1) is 10.8. The molecule has 1 saturated heterocycles. The smallest absolute Gasteiger partial charge is 0.221 e. The van der Waals surface area contributed by atoms with Gasteiger partial charge in [-0.25, -0.2) is 0 Å². The predicted octanol–water partition coefficient (Wildman–Crippen LogP) is 3.15. The minimum atomic E-state index is 0.174. The second kappa shape index (κ2) is 7.52. The molecule has 120 valence electrons. The topological polar surface area (TPSA) is 44.4 Å². The Kier molecular flexibility index (Phi) is 5.20. The Morgan fingerprint density at radius 2 is 1.73 bits per heavy atom. The highest BCUT2D eigenvalue weighted by Gasteiger charge is 2.16. The average molecular weight is 301 g/mol. The number of nitrogens with zero attached hydrogens (tertiary/aromatic N) is 1. The summed E-state index contributed by atoms with van der Waals surface area (Å²) in [5.41, 5.74) is 2.40. The fraction of sp³-hybridized carbons (Fsp3) is 0.611. The quantitative estimate of drug-likeness (QED) is 0.848. The van der Waals surface area contributed by atoms with Gasteiger partial charge < -0.3 is 15.5 Å². The van der Waals surface area contributed by atoms with E-state index in [2.05, 4.69) is 39.8 Å². The molecule has 0 bridgehead atoms. The molecule has 1 aromatic carbocycles. The fourth-order valence-corrected chi connectivity index (χ4v) is 3.46. The SMILES string of the molecule is O=C(CCNc1ccc(N2CCCC2)cc1)NC1CCCC1. The molecule has 1 heterocycles. The fourth-order valence-electron chi connectivity index (χ4n) is 3.46. The highest BCUT2D eigenvalue weighted by molar-refractivity contribution is 5.76. The predicted molar refractivity (Wildman–Crippen MR) is 91.4 cm³/mol. The zero-order valence-corrected chi connectivity index (χ0v) is 13.3. The molecule has 2 N–H and O–H groups in total. The second-order valence-electron chi connectivity index (χ2n) is 6.47. The molecular weight excluding hydrogens is 274 g/mol. The van der Waals surface area contributed by atoms with Crippen LogP contribution in [0.25, 0.3) is 0 Å². The summed E-state index contributed by atoms with van der Waals surface area (Å²) >= 11 is 0. The van der Waals surface area contributed by atoms with E-state index in [-0.39, 0.29) is 5.91 Å². The summed E-state index contributed by atoms with van der Waals surface area (Å²) in [7, 11) is 0. The van der Waals surface area contributed by atoms with E-state index < -0.39 is 0 Å². The van der Waals surface area contributed by atoms with Gasteiger partial charge >= 0.3 is 0 Å². The lowest BCUT2D eigenvalue weighted by Crippen LogP contribution is -2.33. The van der Waals surface area contributed by atoms with Crippen LogP contribution in [0.2, 0.25) is 0 Å². The largest absolute Gasteiger partial charge is 0.385 e. The number of amides is 1. The molecule has 22 heavy (non-hydrogen) atoms. The van der Waals surface area contributed by atoms with Gasteiger partial charge in [-0.15, -0.1) is 0 Å². The summed E-state index contributed by atoms with van der Waals surface area (Å²) in [6, 6.07) is 9.00. The lowest BCUT2D eigenvalue weighted by molar-refractivity contribution is -0.121. The number of hydrogen-bond acceptors (Lipinski definition) is 3. The van der Waals surface area contributed by atoms with Crippen molar-refractivity contribution in [3.05, 3.63) is 24.3 Å². The van der Waals surface area contributed by atoms with Crippen LogP contribution in [0.5, 0.6) is 0 Å². The molecule has 1 aliphatic heterocycles. The van der Waals surface area contributed by atoms with E-state index in [1.807, 2.05) is 0 Å². The number of carbonyl (C=O) groups is 1. The third-order valence-corrected chi connectivity index (χ3v) is 4.74. The Balaban J connectivity index is 1.38. The average Bonchev–Trinajstić information content (AvgIpc) is 3.21. The van der Waals surface area contributed by atoms with Gasteiger partial charge in [0.1, 0.15) is 0 Å². The van der Waals surface area contributed by atoms with Crippen molar-refractivity contribution in [3.8, 4) is 0 Å². The number of rotatable bonds is 6. The Labute approximate surface area is 133 Å². The molecular formula is C18H27N3O. The van der Waals surface area contributed by atoms with Crippen LogP contribution < -0.4 is 15.5 Å². The maximum atomic E-state index is 11.9. The van der Waals surface area contributed by atoms with Crippen LogP contribution in [0.15, 0.2) is 24.3 Å². The van der Waals surface area contributed by atoms with Gasteiger partial charge in [-0.1, -0.05) is 12.8 Å². The minimum Gasteiger partial charge on any atom is -0.385 e. The Morgan fingerprint density at radius 1 is 1.05 bits per heavy atom. The molecule has 2 fully saturated rings. The van der Waals surface area contributed by atoms with Crippen molar-refractivity contribution >= 4 is 17.3 Å². The summed E-state index contributed by atoms with van der Waals surface area (Å²) < 4.78 is 0. The normalized spacial score (nSPS) is 18.6. The third-order valence-electron chi connectivity index (χ3n) is 4.74. The van der Waals surface area contributed by atoms with Crippen molar-refractivity contribution in [1.29, 1.82) is 0 Å². The summed E-state index contributed by atoms with van der Waals surface area (Å²) in [6.45, 7) is 3.05. The monoisotopic (exact) mass is 301 g/mol. The van der Waals surface area contributed by atoms with Gasteiger partial charge in [-0.05, 0) is 49.9 Å². The van der Waals surface area contributed by atoms with Gasteiger partial charge in [-0.2, -0.15) is 0 Å². The third kappa shape index (κ3) is 4.15. The van der Waals surface area contributed by atoms with Gasteiger partial charge in [0.05, 0.1) is 0 Å². The summed E-state index contributed by atoms with van der Waals surface area (Å²) in [6.07, 6.45) is 7.96. The summed E-state index contributed by atoms with van der Waals surface area (Å²) in [5, 5.41) is 6.46. The van der Waals surface area contributed by atoms with Gasteiger partial charge in [-0.3, -0.25) is 4.79 Å². The molecule has 1 saturated carbocycles. The van der Waals surface area contributed by atoms with Gasteiger partial charge in [0.15, 0.2) is 0 Å². The van der Waals surface area contributed by atoms with E-state index in [9.17, 15) is 4.79 Å². The molecule has 0 spiro atoms. The van der Waals surface area contributed by atoms with Crippen molar-refractivity contribution in [2.75, 3.05) is 29.9 Å². The van der Waals surface area contributed by atoms with Crippen LogP contribution in [-0.2, 0) is 4.79 Å². The Hall–Kier alpha value is -1.71. The van der Waals surface area contributed by atoms with Crippen LogP contribution >= 0.6 is 0 Å². The maximum absolute atomic E-state index is 11.9. The lowest BCUT2D eigenvalue weighted by Gasteiger charge is -2.18. The first kappa shape index (κ1) is 15.2. The van der Waals surface area contributed by atoms with Crippen LogP contribution in [-0.4, -0.2) is 31.6 Å². The highest BCUT2D eigenvalue weighted by atomic mass is 16.1. The molecule has 1 aromatic rings. The molecule has 0 radical (unpaired) electrons. The summed E-state index contributed by atoms with van der Waals surface area (Å²) in [4.78, 5) is 14.3. The molecule has 4 heteroatoms. The molecule has 2 aliphatic rings. The Bertz CT molecular complexity index is 474. The maximum Gasteiger partial charge on any atom is 0.221 e. The molecule has 1 aliphatic carbocycles. The standard InChI is InChI=1S/C18H27N3O/c22-18(20-16-5-1-2-6-16)11-12-19-15-7-9-17(10-8-15)21-13-3-4-14-21/h7-10,16,19H,1-6,11-14H2,(H,20,22). The van der Waals surface area contributed by atoms with E-state index in [1.54, 1.807) is 0 Å². The van der Waals surface area contributed by atoms with E-state index in [1.165, 1.54) is 44.5 Å². The first-order valence-corrected chi connectivity index (χ1v) is 8.69. The number of carbonyl (C=O) groups excluding carboxylic acids is 1. The Morgan fingerprint density at radius 3 is 2.41 bits per heavy atom.